The normalized spacial score (nSPS) is 30.7. The van der Waals surface area contributed by atoms with Gasteiger partial charge in [0.15, 0.2) is 0 Å². The molecule has 2 aliphatic rings. The number of nitrogens with one attached hydrogen (secondary N) is 1. The Morgan fingerprint density at radius 2 is 2.24 bits per heavy atom. The Morgan fingerprint density at radius 3 is 2.90 bits per heavy atom. The van der Waals surface area contributed by atoms with Crippen molar-refractivity contribution in [3.05, 3.63) is 27.7 Å². The second-order valence-corrected chi connectivity index (χ2v) is 7.06. The average Bonchev–Trinajstić information content (AvgIpc) is 2.87. The van der Waals surface area contributed by atoms with Crippen molar-refractivity contribution < 1.29 is 9.84 Å². The summed E-state index contributed by atoms with van der Waals surface area (Å²) in [5.74, 6) is 0.489. The lowest BCUT2D eigenvalue weighted by Crippen LogP contribution is -2.53. The Hall–Kier alpha value is -0.580. The molecule has 1 saturated heterocycles. The molecule has 0 saturated carbocycles. The fraction of sp³-hybridized carbons (Fsp3) is 0.647. The van der Waals surface area contributed by atoms with Gasteiger partial charge in [-0.05, 0) is 42.5 Å². The summed E-state index contributed by atoms with van der Waals surface area (Å²) in [6.45, 7) is 5.33. The quantitative estimate of drug-likeness (QED) is 0.863. The first-order valence-electron chi connectivity index (χ1n) is 7.99. The molecular formula is C17H24BrNO2. The molecule has 2 N–H and O–H groups in total. The van der Waals surface area contributed by atoms with E-state index in [4.69, 9.17) is 4.74 Å². The number of rotatable bonds is 4. The van der Waals surface area contributed by atoms with Crippen LogP contribution in [0.5, 0.6) is 0 Å². The molecule has 2 heterocycles. The van der Waals surface area contributed by atoms with E-state index in [2.05, 4.69) is 47.2 Å². The molecule has 0 aromatic heterocycles. The first kappa shape index (κ1) is 15.3. The minimum atomic E-state index is -0.242. The maximum absolute atomic E-state index is 9.48. The number of aliphatic hydroxyl groups is 1. The van der Waals surface area contributed by atoms with Gasteiger partial charge in [-0.3, -0.25) is 0 Å². The lowest BCUT2D eigenvalue weighted by molar-refractivity contribution is -0.105. The number of ether oxygens (including phenoxy) is 1. The van der Waals surface area contributed by atoms with Crippen LogP contribution in [0.2, 0.25) is 0 Å². The van der Waals surface area contributed by atoms with Crippen LogP contribution in [0.1, 0.15) is 50.2 Å². The van der Waals surface area contributed by atoms with E-state index in [1.54, 1.807) is 0 Å². The molecule has 116 valence electrons. The average molecular weight is 354 g/mol. The van der Waals surface area contributed by atoms with E-state index in [1.165, 1.54) is 16.8 Å². The van der Waals surface area contributed by atoms with E-state index in [0.717, 1.165) is 30.3 Å². The number of halogens is 1. The first-order chi connectivity index (χ1) is 10.1. The lowest BCUT2D eigenvalue weighted by atomic mass is 9.76. The second-order valence-electron chi connectivity index (χ2n) is 6.14. The van der Waals surface area contributed by atoms with Gasteiger partial charge in [0.2, 0.25) is 0 Å². The van der Waals surface area contributed by atoms with Gasteiger partial charge in [-0.1, -0.05) is 29.8 Å². The van der Waals surface area contributed by atoms with Gasteiger partial charge in [-0.2, -0.15) is 0 Å². The highest BCUT2D eigenvalue weighted by atomic mass is 79.9. The molecule has 0 radical (unpaired) electrons. The maximum Gasteiger partial charge on any atom is 0.0907 e. The molecule has 1 fully saturated rings. The molecule has 0 amide bonds. The summed E-state index contributed by atoms with van der Waals surface area (Å²) in [6, 6.07) is 4.75. The summed E-state index contributed by atoms with van der Waals surface area (Å²) < 4.78 is 7.33. The Bertz CT molecular complexity index is 530. The molecule has 2 aliphatic heterocycles. The fourth-order valence-electron chi connectivity index (χ4n) is 4.08. The highest BCUT2D eigenvalue weighted by Gasteiger charge is 2.49. The van der Waals surface area contributed by atoms with Gasteiger partial charge < -0.3 is 15.2 Å². The molecule has 4 heteroatoms. The summed E-state index contributed by atoms with van der Waals surface area (Å²) in [4.78, 5) is 0. The first-order valence-corrected chi connectivity index (χ1v) is 8.78. The van der Waals surface area contributed by atoms with Crippen molar-refractivity contribution in [1.29, 1.82) is 0 Å². The minimum absolute atomic E-state index is 0.180. The van der Waals surface area contributed by atoms with Crippen LogP contribution in [0.4, 0.5) is 5.69 Å². The number of benzene rings is 1. The summed E-state index contributed by atoms with van der Waals surface area (Å²) in [5, 5.41) is 13.2. The standard InChI is InChI=1S/C17H24BrNO2/c1-3-11-9-12(18)10-14-13-5-8-21-17(4-2,6-7-20)16(13)19-15(11)14/h9-10,13,16,19-20H,3-8H2,1-2H3. The topological polar surface area (TPSA) is 41.5 Å². The van der Waals surface area contributed by atoms with Gasteiger partial charge in [0.05, 0.1) is 11.6 Å². The second kappa shape index (κ2) is 5.90. The number of anilines is 1. The lowest BCUT2D eigenvalue weighted by Gasteiger charge is -2.45. The van der Waals surface area contributed by atoms with Crippen LogP contribution >= 0.6 is 15.9 Å². The van der Waals surface area contributed by atoms with E-state index in [-0.39, 0.29) is 18.2 Å². The third kappa shape index (κ3) is 2.41. The van der Waals surface area contributed by atoms with Crippen LogP contribution in [0.15, 0.2) is 16.6 Å². The summed E-state index contributed by atoms with van der Waals surface area (Å²) in [5.41, 5.74) is 3.85. The zero-order chi connectivity index (χ0) is 15.0. The molecule has 21 heavy (non-hydrogen) atoms. The van der Waals surface area contributed by atoms with Crippen molar-refractivity contribution in [3.8, 4) is 0 Å². The third-order valence-electron chi connectivity index (χ3n) is 5.22. The van der Waals surface area contributed by atoms with Gasteiger partial charge in [-0.25, -0.2) is 0 Å². The molecule has 1 aromatic rings. The van der Waals surface area contributed by atoms with E-state index in [9.17, 15) is 5.11 Å². The summed E-state index contributed by atoms with van der Waals surface area (Å²) in [6.07, 6.45) is 3.71. The molecule has 3 unspecified atom stereocenters. The minimum Gasteiger partial charge on any atom is -0.396 e. The number of hydrogen-bond donors (Lipinski definition) is 2. The number of aliphatic hydroxyl groups excluding tert-OH is 1. The zero-order valence-corrected chi connectivity index (χ0v) is 14.4. The smallest absolute Gasteiger partial charge is 0.0907 e. The number of aryl methyl sites for hydroxylation is 1. The Morgan fingerprint density at radius 1 is 1.43 bits per heavy atom. The van der Waals surface area contributed by atoms with Crippen molar-refractivity contribution >= 4 is 21.6 Å². The largest absolute Gasteiger partial charge is 0.396 e. The van der Waals surface area contributed by atoms with E-state index >= 15 is 0 Å². The van der Waals surface area contributed by atoms with E-state index in [1.807, 2.05) is 0 Å². The van der Waals surface area contributed by atoms with Crippen LogP contribution in [-0.2, 0) is 11.2 Å². The van der Waals surface area contributed by atoms with Crippen LogP contribution in [0.3, 0.4) is 0 Å². The fourth-order valence-corrected chi connectivity index (χ4v) is 4.61. The van der Waals surface area contributed by atoms with Crippen molar-refractivity contribution in [2.24, 2.45) is 0 Å². The van der Waals surface area contributed by atoms with Crippen LogP contribution in [-0.4, -0.2) is 30.0 Å². The van der Waals surface area contributed by atoms with Crippen molar-refractivity contribution in [2.75, 3.05) is 18.5 Å². The highest BCUT2D eigenvalue weighted by Crippen LogP contribution is 2.50. The molecule has 1 aromatic carbocycles. The zero-order valence-electron chi connectivity index (χ0n) is 12.8. The summed E-state index contributed by atoms with van der Waals surface area (Å²) in [7, 11) is 0. The monoisotopic (exact) mass is 353 g/mol. The molecule has 0 bridgehead atoms. The third-order valence-corrected chi connectivity index (χ3v) is 5.67. The van der Waals surface area contributed by atoms with Crippen molar-refractivity contribution in [3.63, 3.8) is 0 Å². The van der Waals surface area contributed by atoms with Gasteiger partial charge >= 0.3 is 0 Å². The summed E-state index contributed by atoms with van der Waals surface area (Å²) >= 11 is 3.65. The van der Waals surface area contributed by atoms with Gasteiger partial charge in [0, 0.05) is 35.7 Å². The van der Waals surface area contributed by atoms with Crippen LogP contribution in [0.25, 0.3) is 0 Å². The van der Waals surface area contributed by atoms with E-state index < -0.39 is 0 Å². The molecule has 3 atom stereocenters. The highest BCUT2D eigenvalue weighted by molar-refractivity contribution is 9.10. The Balaban J connectivity index is 2.03. The molecule has 0 aliphatic carbocycles. The maximum atomic E-state index is 9.48. The van der Waals surface area contributed by atoms with Gasteiger partial charge in [0.1, 0.15) is 0 Å². The number of fused-ring (bicyclic) bond motifs is 3. The molecule has 0 spiro atoms. The van der Waals surface area contributed by atoms with Gasteiger partial charge in [0.25, 0.3) is 0 Å². The van der Waals surface area contributed by atoms with Crippen LogP contribution in [0, 0.1) is 0 Å². The van der Waals surface area contributed by atoms with Crippen LogP contribution < -0.4 is 5.32 Å². The Labute approximate surface area is 135 Å². The SMILES string of the molecule is CCc1cc(Br)cc2c1NC1C2CCOC1(CC)CCO. The van der Waals surface area contributed by atoms with Crippen molar-refractivity contribution in [2.45, 2.75) is 57.1 Å². The predicted molar refractivity (Wildman–Crippen MR) is 89.0 cm³/mol. The molecular weight excluding hydrogens is 330 g/mol. The predicted octanol–water partition coefficient (Wildman–Crippen LogP) is 3.84. The Kier molecular flexibility index (Phi) is 4.30. The molecule has 3 rings (SSSR count). The van der Waals surface area contributed by atoms with Gasteiger partial charge in [-0.15, -0.1) is 0 Å². The molecule has 3 nitrogen and oxygen atoms in total. The van der Waals surface area contributed by atoms with E-state index in [0.29, 0.717) is 12.3 Å². The van der Waals surface area contributed by atoms with Crippen molar-refractivity contribution in [1.82, 2.24) is 0 Å². The number of hydrogen-bond acceptors (Lipinski definition) is 3.